The van der Waals surface area contributed by atoms with E-state index in [4.69, 9.17) is 10.5 Å². The first kappa shape index (κ1) is 12.9. The Kier molecular flexibility index (Phi) is 4.04. The molecule has 1 heterocycles. The van der Waals surface area contributed by atoms with Gasteiger partial charge >= 0.3 is 0 Å². The fraction of sp³-hybridized carbons (Fsp3) is 0.625. The highest BCUT2D eigenvalue weighted by Gasteiger charge is 2.36. The van der Waals surface area contributed by atoms with Gasteiger partial charge in [-0.15, -0.1) is 0 Å². The third-order valence-electron chi connectivity index (χ3n) is 4.52. The zero-order valence-corrected chi connectivity index (χ0v) is 11.6. The molecule has 1 aromatic carbocycles. The van der Waals surface area contributed by atoms with Crippen molar-refractivity contribution in [3.8, 4) is 5.75 Å². The molecule has 3 nitrogen and oxygen atoms in total. The van der Waals surface area contributed by atoms with Gasteiger partial charge in [0.05, 0.1) is 6.61 Å². The summed E-state index contributed by atoms with van der Waals surface area (Å²) in [5.41, 5.74) is 6.76. The third kappa shape index (κ3) is 3.10. The number of hydrogen-bond acceptors (Lipinski definition) is 3. The van der Waals surface area contributed by atoms with Crippen LogP contribution in [0.4, 0.5) is 0 Å². The van der Waals surface area contributed by atoms with Gasteiger partial charge in [-0.3, -0.25) is 4.90 Å². The topological polar surface area (TPSA) is 38.5 Å². The van der Waals surface area contributed by atoms with Crippen molar-refractivity contribution in [3.05, 3.63) is 29.8 Å². The molecule has 104 valence electrons. The number of rotatable bonds is 6. The van der Waals surface area contributed by atoms with Gasteiger partial charge in [0.2, 0.25) is 0 Å². The molecular formula is C16H24N2O. The molecule has 2 N–H and O–H groups in total. The number of fused-ring (bicyclic) bond motifs is 2. The summed E-state index contributed by atoms with van der Waals surface area (Å²) >= 11 is 0. The van der Waals surface area contributed by atoms with Crippen LogP contribution < -0.4 is 10.5 Å². The summed E-state index contributed by atoms with van der Waals surface area (Å²) in [6, 6.07) is 8.98. The van der Waals surface area contributed by atoms with Crippen LogP contribution >= 0.6 is 0 Å². The first-order valence-corrected chi connectivity index (χ1v) is 7.51. The normalized spacial score (nSPS) is 25.9. The maximum atomic E-state index is 5.81. The highest BCUT2D eigenvalue weighted by atomic mass is 16.5. The van der Waals surface area contributed by atoms with Crippen molar-refractivity contribution >= 4 is 0 Å². The maximum Gasteiger partial charge on any atom is 0.119 e. The van der Waals surface area contributed by atoms with Crippen molar-refractivity contribution in [3.63, 3.8) is 0 Å². The number of piperidine rings is 1. The van der Waals surface area contributed by atoms with Gasteiger partial charge in [-0.05, 0) is 49.3 Å². The average Bonchev–Trinajstić information content (AvgIpc) is 3.06. The molecule has 0 aromatic heterocycles. The zero-order valence-electron chi connectivity index (χ0n) is 11.6. The predicted octanol–water partition coefficient (Wildman–Crippen LogP) is 2.40. The number of hydrogen-bond donors (Lipinski definition) is 1. The van der Waals surface area contributed by atoms with Gasteiger partial charge in [-0.25, -0.2) is 0 Å². The predicted molar refractivity (Wildman–Crippen MR) is 77.1 cm³/mol. The second-order valence-corrected chi connectivity index (χ2v) is 5.88. The van der Waals surface area contributed by atoms with Crippen molar-refractivity contribution in [2.75, 3.05) is 19.7 Å². The van der Waals surface area contributed by atoms with E-state index in [-0.39, 0.29) is 0 Å². The summed E-state index contributed by atoms with van der Waals surface area (Å²) in [5, 5.41) is 0. The van der Waals surface area contributed by atoms with Crippen molar-refractivity contribution < 1.29 is 4.74 Å². The lowest BCUT2D eigenvalue weighted by Crippen LogP contribution is -2.33. The maximum absolute atomic E-state index is 5.81. The van der Waals surface area contributed by atoms with Crippen LogP contribution in [0.1, 0.15) is 31.2 Å². The highest BCUT2D eigenvalue weighted by molar-refractivity contribution is 5.28. The second-order valence-electron chi connectivity index (χ2n) is 5.88. The van der Waals surface area contributed by atoms with E-state index < -0.39 is 0 Å². The molecule has 1 saturated carbocycles. The summed E-state index contributed by atoms with van der Waals surface area (Å²) in [4.78, 5) is 2.66. The van der Waals surface area contributed by atoms with E-state index in [2.05, 4.69) is 4.90 Å². The first-order chi connectivity index (χ1) is 9.35. The Balaban J connectivity index is 1.38. The van der Waals surface area contributed by atoms with Crippen LogP contribution in [0, 0.1) is 5.92 Å². The Morgan fingerprint density at radius 2 is 2.26 bits per heavy atom. The largest absolute Gasteiger partial charge is 0.494 e. The summed E-state index contributed by atoms with van der Waals surface area (Å²) in [6.45, 7) is 3.90. The Morgan fingerprint density at radius 3 is 3.00 bits per heavy atom. The lowest BCUT2D eigenvalue weighted by Gasteiger charge is -2.26. The molecule has 1 aromatic rings. The van der Waals surface area contributed by atoms with E-state index in [1.54, 1.807) is 0 Å². The summed E-state index contributed by atoms with van der Waals surface area (Å²) in [5.74, 6) is 1.94. The molecule has 1 aliphatic carbocycles. The molecule has 0 amide bonds. The number of nitrogens with zero attached hydrogens (tertiary/aromatic N) is 1. The Morgan fingerprint density at radius 1 is 1.32 bits per heavy atom. The van der Waals surface area contributed by atoms with Gasteiger partial charge in [-0.1, -0.05) is 12.1 Å². The van der Waals surface area contributed by atoms with Crippen LogP contribution in [-0.2, 0) is 6.54 Å². The van der Waals surface area contributed by atoms with Crippen LogP contribution in [0.15, 0.2) is 24.3 Å². The molecular weight excluding hydrogens is 236 g/mol. The Bertz CT molecular complexity index is 421. The summed E-state index contributed by atoms with van der Waals surface area (Å²) < 4.78 is 5.81. The Labute approximate surface area is 115 Å². The van der Waals surface area contributed by atoms with E-state index in [0.717, 1.165) is 36.3 Å². The Hall–Kier alpha value is -1.06. The molecule has 2 aliphatic rings. The fourth-order valence-electron chi connectivity index (χ4n) is 3.52. The van der Waals surface area contributed by atoms with E-state index in [1.165, 1.54) is 32.4 Å². The first-order valence-electron chi connectivity index (χ1n) is 7.51. The molecule has 2 fully saturated rings. The SMILES string of the molecule is NCc1cccc(OCCCN2CC3CCC2C3)c1. The molecule has 2 atom stereocenters. The highest BCUT2D eigenvalue weighted by Crippen LogP contribution is 2.37. The van der Waals surface area contributed by atoms with Crippen LogP contribution in [0.3, 0.4) is 0 Å². The molecule has 19 heavy (non-hydrogen) atoms. The molecule has 3 heteroatoms. The third-order valence-corrected chi connectivity index (χ3v) is 4.52. The lowest BCUT2D eigenvalue weighted by molar-refractivity contribution is 0.192. The lowest BCUT2D eigenvalue weighted by atomic mass is 10.1. The van der Waals surface area contributed by atoms with Gasteiger partial charge < -0.3 is 10.5 Å². The quantitative estimate of drug-likeness (QED) is 0.798. The molecule has 2 bridgehead atoms. The van der Waals surface area contributed by atoms with Gasteiger partial charge in [0.25, 0.3) is 0 Å². The number of ether oxygens (including phenoxy) is 1. The average molecular weight is 260 g/mol. The molecule has 3 rings (SSSR count). The van der Waals surface area contributed by atoms with E-state index >= 15 is 0 Å². The van der Waals surface area contributed by atoms with Gasteiger partial charge in [0.15, 0.2) is 0 Å². The second kappa shape index (κ2) is 5.93. The minimum atomic E-state index is 0.577. The van der Waals surface area contributed by atoms with Gasteiger partial charge in [0, 0.05) is 25.7 Å². The molecule has 2 unspecified atom stereocenters. The zero-order chi connectivity index (χ0) is 13.1. The minimum absolute atomic E-state index is 0.577. The number of nitrogens with two attached hydrogens (primary N) is 1. The molecule has 1 saturated heterocycles. The van der Waals surface area contributed by atoms with Crippen molar-refractivity contribution in [2.24, 2.45) is 11.7 Å². The van der Waals surface area contributed by atoms with Gasteiger partial charge in [0.1, 0.15) is 5.75 Å². The standard InChI is InChI=1S/C16H24N2O/c17-11-13-3-1-4-16(10-13)19-8-2-7-18-12-14-5-6-15(18)9-14/h1,3-4,10,14-15H,2,5-9,11-12,17H2. The van der Waals surface area contributed by atoms with Crippen LogP contribution in [0.5, 0.6) is 5.75 Å². The number of benzene rings is 1. The summed E-state index contributed by atoms with van der Waals surface area (Å²) in [7, 11) is 0. The van der Waals surface area contributed by atoms with Crippen LogP contribution in [0.2, 0.25) is 0 Å². The van der Waals surface area contributed by atoms with Crippen LogP contribution in [-0.4, -0.2) is 30.6 Å². The van der Waals surface area contributed by atoms with Crippen molar-refractivity contribution in [1.82, 2.24) is 4.90 Å². The van der Waals surface area contributed by atoms with Gasteiger partial charge in [-0.2, -0.15) is 0 Å². The van der Waals surface area contributed by atoms with E-state index in [9.17, 15) is 0 Å². The monoisotopic (exact) mass is 260 g/mol. The number of likely N-dealkylation sites (tertiary alicyclic amines) is 1. The minimum Gasteiger partial charge on any atom is -0.494 e. The summed E-state index contributed by atoms with van der Waals surface area (Å²) in [6.07, 6.45) is 5.45. The van der Waals surface area contributed by atoms with E-state index in [1.807, 2.05) is 24.3 Å². The van der Waals surface area contributed by atoms with Crippen molar-refractivity contribution in [2.45, 2.75) is 38.3 Å². The molecule has 0 radical (unpaired) electrons. The van der Waals surface area contributed by atoms with Crippen LogP contribution in [0.25, 0.3) is 0 Å². The fourth-order valence-corrected chi connectivity index (χ4v) is 3.52. The molecule has 1 aliphatic heterocycles. The molecule has 0 spiro atoms. The smallest absolute Gasteiger partial charge is 0.119 e. The van der Waals surface area contributed by atoms with E-state index in [0.29, 0.717) is 6.54 Å². The van der Waals surface area contributed by atoms with Crippen molar-refractivity contribution in [1.29, 1.82) is 0 Å².